The maximum Gasteiger partial charge on any atom is 0.328 e. The largest absolute Gasteiger partial charge is 0.459 e. The zero-order chi connectivity index (χ0) is 19.7. The Hall–Kier alpha value is -2.74. The third-order valence-electron chi connectivity index (χ3n) is 3.52. The predicted octanol–water partition coefficient (Wildman–Crippen LogP) is 1.73. The van der Waals surface area contributed by atoms with Crippen molar-refractivity contribution < 1.29 is 19.1 Å². The van der Waals surface area contributed by atoms with E-state index in [0.29, 0.717) is 12.3 Å². The molecule has 0 radical (unpaired) electrons. The van der Waals surface area contributed by atoms with Crippen LogP contribution in [0.15, 0.2) is 37.1 Å². The summed E-state index contributed by atoms with van der Waals surface area (Å²) in [5, 5.41) is 4.27. The number of nitrogens with zero attached hydrogens (tertiary/aromatic N) is 1. The van der Waals surface area contributed by atoms with Gasteiger partial charge >= 0.3 is 6.03 Å². The van der Waals surface area contributed by atoms with Crippen molar-refractivity contribution >= 4 is 17.8 Å². The van der Waals surface area contributed by atoms with Crippen LogP contribution in [-0.4, -0.2) is 29.1 Å². The van der Waals surface area contributed by atoms with E-state index in [1.54, 1.807) is 19.2 Å². The van der Waals surface area contributed by atoms with Crippen LogP contribution in [0, 0.1) is 11.3 Å². The first-order valence-corrected chi connectivity index (χ1v) is 8.32. The van der Waals surface area contributed by atoms with Crippen LogP contribution in [0.4, 0.5) is 4.79 Å². The summed E-state index contributed by atoms with van der Waals surface area (Å²) in [5.74, 6) is -0.327. The monoisotopic (exact) mass is 362 g/mol. The summed E-state index contributed by atoms with van der Waals surface area (Å²) >= 11 is 0. The van der Waals surface area contributed by atoms with E-state index in [-0.39, 0.29) is 18.6 Å². The van der Waals surface area contributed by atoms with E-state index >= 15 is 0 Å². The van der Waals surface area contributed by atoms with Crippen molar-refractivity contribution in [2.24, 2.45) is 17.1 Å². The van der Waals surface area contributed by atoms with Crippen LogP contribution < -0.4 is 21.1 Å². The van der Waals surface area contributed by atoms with E-state index in [0.717, 1.165) is 0 Å². The number of hydrogen-bond acceptors (Lipinski definition) is 6. The third-order valence-corrected chi connectivity index (χ3v) is 3.52. The molecule has 0 aliphatic carbocycles. The topological polar surface area (TPSA) is 123 Å². The van der Waals surface area contributed by atoms with Crippen molar-refractivity contribution in [3.8, 4) is 5.88 Å². The Labute approximate surface area is 153 Å². The number of imide groups is 2. The summed E-state index contributed by atoms with van der Waals surface area (Å²) in [6.45, 7) is 9.15. The Morgan fingerprint density at radius 2 is 1.85 bits per heavy atom. The Morgan fingerprint density at radius 3 is 2.27 bits per heavy atom. The fourth-order valence-corrected chi connectivity index (χ4v) is 2.58. The van der Waals surface area contributed by atoms with Gasteiger partial charge in [0.05, 0.1) is 0 Å². The van der Waals surface area contributed by atoms with Crippen molar-refractivity contribution in [2.75, 3.05) is 0 Å². The number of carbonyl (C=O) groups is 3. The van der Waals surface area contributed by atoms with E-state index in [1.165, 1.54) is 6.08 Å². The maximum atomic E-state index is 11.8. The Bertz CT molecular complexity index is 624. The number of pyridine rings is 1. The molecule has 1 fully saturated rings. The molecule has 1 aliphatic rings. The van der Waals surface area contributed by atoms with Gasteiger partial charge in [-0.3, -0.25) is 26.0 Å². The number of ether oxygens (including phenoxy) is 1. The summed E-state index contributed by atoms with van der Waals surface area (Å²) < 4.78 is 5.08. The Balaban J connectivity index is 0.000000289. The minimum atomic E-state index is -1.19. The van der Waals surface area contributed by atoms with Gasteiger partial charge in [-0.15, -0.1) is 6.58 Å². The van der Waals surface area contributed by atoms with E-state index < -0.39 is 23.3 Å². The molecule has 1 aromatic rings. The van der Waals surface area contributed by atoms with Gasteiger partial charge in [0.25, 0.3) is 0 Å². The number of nitrogens with two attached hydrogens (primary N) is 1. The molecule has 0 spiro atoms. The van der Waals surface area contributed by atoms with E-state index in [4.69, 9.17) is 10.5 Å². The molecule has 8 nitrogen and oxygen atoms in total. The van der Waals surface area contributed by atoms with Gasteiger partial charge in [-0.2, -0.15) is 0 Å². The number of rotatable bonds is 6. The van der Waals surface area contributed by atoms with Crippen LogP contribution in [0.2, 0.25) is 0 Å². The molecule has 26 heavy (non-hydrogen) atoms. The molecule has 1 atom stereocenters. The SMILES string of the molecule is C=CCC1(CC(C)C)C(=O)NC(=O)NC1=O.CC(N)Oc1ccccn1. The first-order valence-electron chi connectivity index (χ1n) is 8.32. The second kappa shape index (κ2) is 9.67. The van der Waals surface area contributed by atoms with Gasteiger partial charge in [-0.25, -0.2) is 9.78 Å². The number of carbonyl (C=O) groups excluding carboxylic acids is 3. The van der Waals surface area contributed by atoms with Crippen molar-refractivity contribution in [1.29, 1.82) is 0 Å². The second-order valence-electron chi connectivity index (χ2n) is 6.40. The van der Waals surface area contributed by atoms with E-state index in [2.05, 4.69) is 22.2 Å². The average Bonchev–Trinajstić information content (AvgIpc) is 2.53. The Morgan fingerprint density at radius 1 is 1.23 bits per heavy atom. The van der Waals surface area contributed by atoms with Gasteiger partial charge in [0.2, 0.25) is 17.7 Å². The summed E-state index contributed by atoms with van der Waals surface area (Å²) in [6, 6.07) is 4.70. The molecular weight excluding hydrogens is 336 g/mol. The molecule has 0 bridgehead atoms. The molecule has 0 saturated carbocycles. The molecule has 8 heteroatoms. The first-order chi connectivity index (χ1) is 12.2. The fraction of sp³-hybridized carbons (Fsp3) is 0.444. The zero-order valence-electron chi connectivity index (χ0n) is 15.3. The number of barbiturate groups is 1. The lowest BCUT2D eigenvalue weighted by Crippen LogP contribution is -2.62. The minimum Gasteiger partial charge on any atom is -0.459 e. The number of aromatic nitrogens is 1. The van der Waals surface area contributed by atoms with Crippen molar-refractivity contribution in [3.05, 3.63) is 37.1 Å². The predicted molar refractivity (Wildman–Crippen MR) is 96.9 cm³/mol. The van der Waals surface area contributed by atoms with Crippen LogP contribution in [0.25, 0.3) is 0 Å². The first kappa shape index (κ1) is 21.3. The maximum absolute atomic E-state index is 11.8. The van der Waals surface area contributed by atoms with Crippen LogP contribution in [-0.2, 0) is 9.59 Å². The van der Waals surface area contributed by atoms with Gasteiger partial charge < -0.3 is 4.74 Å². The van der Waals surface area contributed by atoms with Gasteiger partial charge in [-0.05, 0) is 31.7 Å². The van der Waals surface area contributed by atoms with Gasteiger partial charge in [0.1, 0.15) is 11.6 Å². The van der Waals surface area contributed by atoms with Crippen molar-refractivity contribution in [2.45, 2.75) is 39.8 Å². The summed E-state index contributed by atoms with van der Waals surface area (Å²) in [4.78, 5) is 38.5. The lowest BCUT2D eigenvalue weighted by atomic mass is 9.74. The number of urea groups is 1. The molecule has 1 unspecified atom stereocenters. The molecular formula is C18H26N4O4. The lowest BCUT2D eigenvalue weighted by molar-refractivity contribution is -0.145. The van der Waals surface area contributed by atoms with Crippen LogP contribution in [0.5, 0.6) is 5.88 Å². The fourth-order valence-electron chi connectivity index (χ4n) is 2.58. The summed E-state index contributed by atoms with van der Waals surface area (Å²) in [5.41, 5.74) is 4.17. The normalized spacial score (nSPS) is 16.7. The zero-order valence-corrected chi connectivity index (χ0v) is 15.3. The highest BCUT2D eigenvalue weighted by Gasteiger charge is 2.49. The van der Waals surface area contributed by atoms with Crippen molar-refractivity contribution in [1.82, 2.24) is 15.6 Å². The molecule has 1 aliphatic heterocycles. The van der Waals surface area contributed by atoms with E-state index in [9.17, 15) is 14.4 Å². The van der Waals surface area contributed by atoms with Crippen LogP contribution in [0.3, 0.4) is 0 Å². The van der Waals surface area contributed by atoms with Gasteiger partial charge in [0.15, 0.2) is 0 Å². The highest BCUT2D eigenvalue weighted by atomic mass is 16.5. The van der Waals surface area contributed by atoms with Gasteiger partial charge in [0, 0.05) is 12.3 Å². The quantitative estimate of drug-likeness (QED) is 0.402. The van der Waals surface area contributed by atoms with Gasteiger partial charge in [-0.1, -0.05) is 26.0 Å². The van der Waals surface area contributed by atoms with Crippen LogP contribution >= 0.6 is 0 Å². The number of amides is 4. The summed E-state index contributed by atoms with van der Waals surface area (Å²) in [7, 11) is 0. The molecule has 4 amide bonds. The summed E-state index contributed by atoms with van der Waals surface area (Å²) in [6.07, 6.45) is 3.52. The molecule has 1 aromatic heterocycles. The van der Waals surface area contributed by atoms with E-state index in [1.807, 2.05) is 26.0 Å². The average molecular weight is 362 g/mol. The smallest absolute Gasteiger partial charge is 0.328 e. The molecule has 0 aromatic carbocycles. The third kappa shape index (κ3) is 5.96. The Kier molecular flexibility index (Phi) is 7.92. The molecule has 1 saturated heterocycles. The highest BCUT2D eigenvalue weighted by Crippen LogP contribution is 2.33. The second-order valence-corrected chi connectivity index (χ2v) is 6.40. The number of allylic oxidation sites excluding steroid dienone is 1. The molecule has 2 rings (SSSR count). The highest BCUT2D eigenvalue weighted by molar-refractivity contribution is 6.19. The standard InChI is InChI=1S/C11H16N2O3.C7H10N2O/c1-4-5-11(6-7(2)3)8(14)12-10(16)13-9(11)15;1-6(8)10-7-4-2-3-5-9-7/h4,7H,1,5-6H2,2-3H3,(H2,12,13,14,15,16);2-6H,8H2,1H3. The number of hydrogen-bond donors (Lipinski definition) is 3. The molecule has 4 N–H and O–H groups in total. The number of nitrogens with one attached hydrogen (secondary N) is 2. The van der Waals surface area contributed by atoms with Crippen LogP contribution in [0.1, 0.15) is 33.6 Å². The lowest BCUT2D eigenvalue weighted by Gasteiger charge is -2.34. The molecule has 2 heterocycles. The molecule has 142 valence electrons. The minimum absolute atomic E-state index is 0.171. The van der Waals surface area contributed by atoms with Crippen molar-refractivity contribution in [3.63, 3.8) is 0 Å².